The molecule has 0 amide bonds. The lowest BCUT2D eigenvalue weighted by Crippen LogP contribution is -2.27. The maximum absolute atomic E-state index is 2.24. The monoisotopic (exact) mass is 153 g/mol. The van der Waals surface area contributed by atoms with E-state index in [-0.39, 0.29) is 0 Å². The molecule has 0 saturated carbocycles. The minimum absolute atomic E-state index is 1.04. The Morgan fingerprint density at radius 2 is 2.36 bits per heavy atom. The van der Waals surface area contributed by atoms with Gasteiger partial charge in [-0.25, -0.2) is 4.90 Å². The number of hydrogen-bond donors (Lipinski definition) is 0. The van der Waals surface area contributed by atoms with Gasteiger partial charge >= 0.3 is 0 Å². The number of likely N-dealkylation sites (N-methyl/N-ethyl adjacent to an activating group) is 1. The summed E-state index contributed by atoms with van der Waals surface area (Å²) in [6.07, 6.45) is 9.05. The van der Waals surface area contributed by atoms with Gasteiger partial charge in [0.2, 0.25) is 6.34 Å². The van der Waals surface area contributed by atoms with Crippen LogP contribution in [0.2, 0.25) is 0 Å². The van der Waals surface area contributed by atoms with Crippen LogP contribution in [0.3, 0.4) is 0 Å². The first-order chi connectivity index (χ1) is 5.33. The molecule has 0 aromatic heterocycles. The van der Waals surface area contributed by atoms with Gasteiger partial charge in [-0.1, -0.05) is 13.3 Å². The molecule has 0 radical (unpaired) electrons. The highest BCUT2D eigenvalue weighted by atomic mass is 15.2. The van der Waals surface area contributed by atoms with E-state index in [1.165, 1.54) is 12.8 Å². The van der Waals surface area contributed by atoms with Crippen LogP contribution in [0.4, 0.5) is 0 Å². The first-order valence-corrected chi connectivity index (χ1v) is 4.30. The Labute approximate surface area is 68.8 Å². The van der Waals surface area contributed by atoms with Crippen LogP contribution in [-0.4, -0.2) is 36.0 Å². The quantitative estimate of drug-likeness (QED) is 0.554. The normalized spacial score (nSPS) is 16.9. The second kappa shape index (κ2) is 4.16. The first kappa shape index (κ1) is 8.31. The molecule has 0 unspecified atom stereocenters. The van der Waals surface area contributed by atoms with Crippen molar-refractivity contribution in [3.05, 3.63) is 12.3 Å². The van der Waals surface area contributed by atoms with Crippen LogP contribution in [0.1, 0.15) is 19.8 Å². The van der Waals surface area contributed by atoms with Crippen molar-refractivity contribution >= 4 is 6.34 Å². The van der Waals surface area contributed by atoms with Gasteiger partial charge in [-0.3, -0.25) is 4.58 Å². The summed E-state index contributed by atoms with van der Waals surface area (Å²) >= 11 is 0. The molecule has 0 atom stereocenters. The fourth-order valence-corrected chi connectivity index (χ4v) is 1.16. The molecule has 11 heavy (non-hydrogen) atoms. The zero-order chi connectivity index (χ0) is 8.10. The Bertz CT molecular complexity index is 170. The zero-order valence-electron chi connectivity index (χ0n) is 7.45. The Balaban J connectivity index is 2.33. The average molecular weight is 153 g/mol. The van der Waals surface area contributed by atoms with E-state index in [0.717, 1.165) is 13.1 Å². The van der Waals surface area contributed by atoms with Crippen molar-refractivity contribution < 1.29 is 4.58 Å². The minimum atomic E-state index is 1.04. The molecule has 0 saturated heterocycles. The highest BCUT2D eigenvalue weighted by Gasteiger charge is 2.06. The van der Waals surface area contributed by atoms with Gasteiger partial charge in [-0.05, 0) is 12.5 Å². The van der Waals surface area contributed by atoms with E-state index in [1.807, 2.05) is 0 Å². The molecule has 0 N–H and O–H groups in total. The lowest BCUT2D eigenvalue weighted by Gasteiger charge is -2.12. The van der Waals surface area contributed by atoms with E-state index in [9.17, 15) is 0 Å². The third-order valence-corrected chi connectivity index (χ3v) is 1.81. The highest BCUT2D eigenvalue weighted by Crippen LogP contribution is 1.96. The second-order valence-electron chi connectivity index (χ2n) is 3.03. The van der Waals surface area contributed by atoms with Crippen molar-refractivity contribution in [2.24, 2.45) is 0 Å². The lowest BCUT2D eigenvalue weighted by molar-refractivity contribution is -0.487. The van der Waals surface area contributed by atoms with Crippen molar-refractivity contribution in [2.45, 2.75) is 19.8 Å². The molecular weight excluding hydrogens is 136 g/mol. The summed E-state index contributed by atoms with van der Waals surface area (Å²) in [6, 6.07) is 0. The van der Waals surface area contributed by atoms with E-state index in [0.29, 0.717) is 0 Å². The Hall–Kier alpha value is -0.790. The third kappa shape index (κ3) is 2.74. The van der Waals surface area contributed by atoms with Crippen LogP contribution in [0, 0.1) is 0 Å². The topological polar surface area (TPSA) is 6.25 Å². The highest BCUT2D eigenvalue weighted by molar-refractivity contribution is 5.51. The maximum Gasteiger partial charge on any atom is 0.238 e. The van der Waals surface area contributed by atoms with Gasteiger partial charge in [0.05, 0.1) is 19.8 Å². The summed E-state index contributed by atoms with van der Waals surface area (Å²) in [7, 11) is 2.10. The Morgan fingerprint density at radius 1 is 1.55 bits per heavy atom. The SMILES string of the molecule is CCCCN1C=CC[N+](C)=C1. The molecule has 0 spiro atoms. The molecular formula is C9H17N2+. The van der Waals surface area contributed by atoms with Crippen LogP contribution >= 0.6 is 0 Å². The van der Waals surface area contributed by atoms with Crippen LogP contribution in [0.15, 0.2) is 12.3 Å². The van der Waals surface area contributed by atoms with Gasteiger partial charge in [0.1, 0.15) is 6.54 Å². The van der Waals surface area contributed by atoms with Crippen LogP contribution in [0.5, 0.6) is 0 Å². The summed E-state index contributed by atoms with van der Waals surface area (Å²) in [4.78, 5) is 2.24. The van der Waals surface area contributed by atoms with Crippen molar-refractivity contribution in [3.8, 4) is 0 Å². The van der Waals surface area contributed by atoms with Crippen LogP contribution in [0.25, 0.3) is 0 Å². The Kier molecular flexibility index (Phi) is 3.14. The maximum atomic E-state index is 2.24. The predicted molar refractivity (Wildman–Crippen MR) is 47.9 cm³/mol. The summed E-state index contributed by atoms with van der Waals surface area (Å²) < 4.78 is 2.19. The molecule has 0 bridgehead atoms. The molecule has 1 aliphatic rings. The largest absolute Gasteiger partial charge is 0.267 e. The van der Waals surface area contributed by atoms with Crippen molar-refractivity contribution in [2.75, 3.05) is 20.1 Å². The van der Waals surface area contributed by atoms with Gasteiger partial charge in [-0.15, -0.1) is 0 Å². The number of nitrogens with zero attached hydrogens (tertiary/aromatic N) is 2. The van der Waals surface area contributed by atoms with Gasteiger partial charge in [-0.2, -0.15) is 0 Å². The van der Waals surface area contributed by atoms with Gasteiger partial charge < -0.3 is 0 Å². The van der Waals surface area contributed by atoms with Crippen molar-refractivity contribution in [1.82, 2.24) is 4.90 Å². The van der Waals surface area contributed by atoms with Crippen LogP contribution < -0.4 is 0 Å². The van der Waals surface area contributed by atoms with E-state index in [4.69, 9.17) is 0 Å². The molecule has 1 rings (SSSR count). The van der Waals surface area contributed by atoms with E-state index in [2.05, 4.69) is 42.1 Å². The second-order valence-corrected chi connectivity index (χ2v) is 3.03. The number of rotatable bonds is 3. The molecule has 62 valence electrons. The standard InChI is InChI=1S/C9H17N2/c1-3-4-7-11-8-5-6-10(2)9-11/h5,8-9H,3-4,6-7H2,1-2H3/q+1. The van der Waals surface area contributed by atoms with Crippen molar-refractivity contribution in [1.29, 1.82) is 0 Å². The molecule has 2 heteroatoms. The van der Waals surface area contributed by atoms with Gasteiger partial charge in [0.15, 0.2) is 0 Å². The zero-order valence-corrected chi connectivity index (χ0v) is 7.45. The molecule has 2 nitrogen and oxygen atoms in total. The average Bonchev–Trinajstić information content (AvgIpc) is 2.01. The molecule has 0 aromatic carbocycles. The minimum Gasteiger partial charge on any atom is -0.267 e. The summed E-state index contributed by atoms with van der Waals surface area (Å²) in [6.45, 7) is 4.41. The van der Waals surface area contributed by atoms with E-state index >= 15 is 0 Å². The van der Waals surface area contributed by atoms with Crippen LogP contribution in [-0.2, 0) is 0 Å². The van der Waals surface area contributed by atoms with Crippen molar-refractivity contribution in [3.63, 3.8) is 0 Å². The van der Waals surface area contributed by atoms with E-state index < -0.39 is 0 Å². The molecule has 1 aliphatic heterocycles. The first-order valence-electron chi connectivity index (χ1n) is 4.30. The molecule has 1 heterocycles. The summed E-state index contributed by atoms with van der Waals surface area (Å²) in [5.74, 6) is 0. The fraction of sp³-hybridized carbons (Fsp3) is 0.667. The lowest BCUT2D eigenvalue weighted by atomic mass is 10.3. The molecule has 0 aromatic rings. The number of hydrogen-bond acceptors (Lipinski definition) is 1. The smallest absolute Gasteiger partial charge is 0.238 e. The predicted octanol–water partition coefficient (Wildman–Crippen LogP) is 1.29. The summed E-state index contributed by atoms with van der Waals surface area (Å²) in [5.41, 5.74) is 0. The van der Waals surface area contributed by atoms with E-state index in [1.54, 1.807) is 0 Å². The Morgan fingerprint density at radius 3 is 3.00 bits per heavy atom. The fourth-order valence-electron chi connectivity index (χ4n) is 1.16. The van der Waals surface area contributed by atoms with Gasteiger partial charge in [0, 0.05) is 0 Å². The third-order valence-electron chi connectivity index (χ3n) is 1.81. The molecule has 0 fully saturated rings. The van der Waals surface area contributed by atoms with Gasteiger partial charge in [0.25, 0.3) is 0 Å². The number of unbranched alkanes of at least 4 members (excludes halogenated alkanes) is 1. The molecule has 0 aliphatic carbocycles. The summed E-state index contributed by atoms with van der Waals surface area (Å²) in [5, 5.41) is 0.